The zero-order valence-electron chi connectivity index (χ0n) is 19.7. The van der Waals surface area contributed by atoms with E-state index in [1.807, 2.05) is 0 Å². The number of fused-ring (bicyclic) bond motifs is 4. The minimum Gasteiger partial charge on any atom is -0.421 e. The number of aliphatic hydroxyl groups is 1. The Morgan fingerprint density at radius 2 is 2.00 bits per heavy atom. The average molecular weight is 479 g/mol. The molecule has 11 heteroatoms. The highest BCUT2D eigenvalue weighted by atomic mass is 19.1. The van der Waals surface area contributed by atoms with Crippen LogP contribution in [0.4, 0.5) is 15.9 Å². The molecule has 4 aromatic rings. The molecule has 1 aliphatic carbocycles. The van der Waals surface area contributed by atoms with Crippen LogP contribution in [0, 0.1) is 17.7 Å². The average Bonchev–Trinajstić information content (AvgIpc) is 3.35. The van der Waals surface area contributed by atoms with Crippen molar-refractivity contribution < 1.29 is 14.2 Å². The number of rotatable bonds is 5. The van der Waals surface area contributed by atoms with Gasteiger partial charge in [-0.1, -0.05) is 0 Å². The highest BCUT2D eigenvalue weighted by Gasteiger charge is 2.46. The number of aromatic nitrogens is 5. The van der Waals surface area contributed by atoms with Gasteiger partial charge in [-0.3, -0.25) is 0 Å². The van der Waals surface area contributed by atoms with Crippen LogP contribution in [0.15, 0.2) is 24.5 Å². The molecule has 5 N–H and O–H groups in total. The lowest BCUT2D eigenvalue weighted by Gasteiger charge is -2.36. The molecule has 0 radical (unpaired) electrons. The van der Waals surface area contributed by atoms with Gasteiger partial charge in [0.05, 0.1) is 29.0 Å². The number of H-pyrrole nitrogens is 1. The summed E-state index contributed by atoms with van der Waals surface area (Å²) in [6.45, 7) is 4.83. The van der Waals surface area contributed by atoms with E-state index in [-0.39, 0.29) is 23.7 Å². The van der Waals surface area contributed by atoms with Crippen LogP contribution in [0.1, 0.15) is 26.1 Å². The van der Waals surface area contributed by atoms with Gasteiger partial charge in [-0.2, -0.15) is 9.97 Å². The molecule has 6 rings (SSSR count). The number of nitrogens with two attached hydrogens (primary N) is 1. The van der Waals surface area contributed by atoms with Gasteiger partial charge in [0, 0.05) is 31.6 Å². The second kappa shape index (κ2) is 7.72. The minimum atomic E-state index is -1.16. The fourth-order valence-electron chi connectivity index (χ4n) is 5.22. The molecule has 182 valence electrons. The maximum Gasteiger partial charge on any atom is 0.326 e. The van der Waals surface area contributed by atoms with Crippen LogP contribution in [-0.2, 0) is 5.60 Å². The summed E-state index contributed by atoms with van der Waals surface area (Å²) in [5.41, 5.74) is 6.99. The normalized spacial score (nSPS) is 21.9. The van der Waals surface area contributed by atoms with E-state index in [1.54, 1.807) is 20.9 Å². The largest absolute Gasteiger partial charge is 0.421 e. The Morgan fingerprint density at radius 3 is 2.66 bits per heavy atom. The van der Waals surface area contributed by atoms with Crippen LogP contribution in [0.25, 0.3) is 21.9 Å². The molecule has 1 aliphatic heterocycles. The van der Waals surface area contributed by atoms with E-state index in [0.717, 1.165) is 30.4 Å². The first kappa shape index (κ1) is 21.9. The maximum atomic E-state index is 14.5. The van der Waals surface area contributed by atoms with Gasteiger partial charge in [0.15, 0.2) is 11.6 Å². The van der Waals surface area contributed by atoms with Crippen molar-refractivity contribution in [3.8, 4) is 11.8 Å². The highest BCUT2D eigenvalue weighted by molar-refractivity contribution is 6.14. The third-order valence-corrected chi connectivity index (χ3v) is 7.06. The monoisotopic (exact) mass is 478 g/mol. The number of benzene rings is 1. The summed E-state index contributed by atoms with van der Waals surface area (Å²) >= 11 is 0. The number of halogens is 1. The van der Waals surface area contributed by atoms with Crippen molar-refractivity contribution in [2.24, 2.45) is 17.6 Å². The lowest BCUT2D eigenvalue weighted by Crippen LogP contribution is -2.46. The number of hydrogen-bond acceptors (Lipinski definition) is 9. The smallest absolute Gasteiger partial charge is 0.326 e. The topological polar surface area (TPSA) is 138 Å². The second-order valence-electron chi connectivity index (χ2n) is 9.94. The van der Waals surface area contributed by atoms with Crippen molar-refractivity contribution in [3.63, 3.8) is 0 Å². The first-order chi connectivity index (χ1) is 16.7. The minimum absolute atomic E-state index is 0.119. The SMILES string of the molecule is CNc1cc(F)cc2c1[nH]c1nc(Oc3cnc(C(C)(C)O)nc3)nc(N3CC4CC(N)C4C3)c12. The molecule has 35 heavy (non-hydrogen) atoms. The van der Waals surface area contributed by atoms with E-state index in [1.165, 1.54) is 24.5 Å². The molecular formula is C24H27FN8O2. The highest BCUT2D eigenvalue weighted by Crippen LogP contribution is 2.44. The van der Waals surface area contributed by atoms with Gasteiger partial charge in [-0.15, -0.1) is 0 Å². The Labute approximate surface area is 200 Å². The van der Waals surface area contributed by atoms with Gasteiger partial charge in [0.25, 0.3) is 0 Å². The summed E-state index contributed by atoms with van der Waals surface area (Å²) in [5, 5.41) is 14.6. The van der Waals surface area contributed by atoms with E-state index in [4.69, 9.17) is 15.5 Å². The van der Waals surface area contributed by atoms with E-state index >= 15 is 0 Å². The third-order valence-electron chi connectivity index (χ3n) is 7.06. The summed E-state index contributed by atoms with van der Waals surface area (Å²) in [7, 11) is 1.75. The molecule has 0 amide bonds. The summed E-state index contributed by atoms with van der Waals surface area (Å²) < 4.78 is 20.4. The van der Waals surface area contributed by atoms with E-state index in [9.17, 15) is 9.50 Å². The lowest BCUT2D eigenvalue weighted by molar-refractivity contribution is 0.0685. The summed E-state index contributed by atoms with van der Waals surface area (Å²) in [4.78, 5) is 23.2. The van der Waals surface area contributed by atoms with Gasteiger partial charge in [-0.05, 0) is 44.2 Å². The Balaban J connectivity index is 1.47. The standard InChI is InChI=1S/C24H27FN8O2/c1-24(2,34)22-28-7-13(8-29-22)35-23-31-20-18(14-5-12(25)6-17(27-3)19(14)30-20)21(32-23)33-9-11-4-16(26)15(11)10-33/h5-8,11,15-16,27,34H,4,9-10,26H2,1-3H3,(H,30,31,32). The van der Waals surface area contributed by atoms with Crippen molar-refractivity contribution in [1.29, 1.82) is 0 Å². The molecule has 3 atom stereocenters. The van der Waals surface area contributed by atoms with Gasteiger partial charge < -0.3 is 30.8 Å². The fourth-order valence-corrected chi connectivity index (χ4v) is 5.22. The van der Waals surface area contributed by atoms with Gasteiger partial charge in [0.1, 0.15) is 22.9 Å². The number of ether oxygens (including phenoxy) is 1. The second-order valence-corrected chi connectivity index (χ2v) is 9.94. The number of anilines is 2. The van der Waals surface area contributed by atoms with Crippen molar-refractivity contribution in [1.82, 2.24) is 24.9 Å². The molecule has 1 aromatic carbocycles. The predicted molar refractivity (Wildman–Crippen MR) is 130 cm³/mol. The molecule has 2 aliphatic rings. The van der Waals surface area contributed by atoms with E-state index < -0.39 is 5.60 Å². The zero-order valence-corrected chi connectivity index (χ0v) is 19.7. The van der Waals surface area contributed by atoms with Crippen molar-refractivity contribution in [2.75, 3.05) is 30.4 Å². The summed E-state index contributed by atoms with van der Waals surface area (Å²) in [6, 6.07) is 3.26. The zero-order chi connectivity index (χ0) is 24.5. The quantitative estimate of drug-likeness (QED) is 0.341. The number of nitrogens with one attached hydrogen (secondary N) is 2. The lowest BCUT2D eigenvalue weighted by atomic mass is 9.72. The first-order valence-electron chi connectivity index (χ1n) is 11.6. The van der Waals surface area contributed by atoms with Gasteiger partial charge >= 0.3 is 6.01 Å². The fraction of sp³-hybridized carbons (Fsp3) is 0.417. The molecule has 10 nitrogen and oxygen atoms in total. The van der Waals surface area contributed by atoms with Crippen LogP contribution in [-0.4, -0.2) is 56.2 Å². The third kappa shape index (κ3) is 3.62. The molecule has 4 heterocycles. The van der Waals surface area contributed by atoms with E-state index in [0.29, 0.717) is 40.1 Å². The molecule has 3 aromatic heterocycles. The van der Waals surface area contributed by atoms with Crippen LogP contribution >= 0.6 is 0 Å². The Bertz CT molecular complexity index is 1430. The van der Waals surface area contributed by atoms with Crippen LogP contribution in [0.3, 0.4) is 0 Å². The van der Waals surface area contributed by atoms with Crippen LogP contribution in [0.2, 0.25) is 0 Å². The summed E-state index contributed by atoms with van der Waals surface area (Å²) in [5.74, 6) is 1.90. The maximum absolute atomic E-state index is 14.5. The van der Waals surface area contributed by atoms with Crippen molar-refractivity contribution >= 4 is 33.4 Å². The van der Waals surface area contributed by atoms with Crippen LogP contribution in [0.5, 0.6) is 11.8 Å². The van der Waals surface area contributed by atoms with Crippen molar-refractivity contribution in [3.05, 3.63) is 36.2 Å². The first-order valence-corrected chi connectivity index (χ1v) is 11.6. The summed E-state index contributed by atoms with van der Waals surface area (Å²) in [6.07, 6.45) is 3.95. The molecular weight excluding hydrogens is 451 g/mol. The van der Waals surface area contributed by atoms with E-state index in [2.05, 4.69) is 30.2 Å². The van der Waals surface area contributed by atoms with Gasteiger partial charge in [0.2, 0.25) is 0 Å². The molecule has 0 spiro atoms. The predicted octanol–water partition coefficient (Wildman–Crippen LogP) is 2.88. The Morgan fingerprint density at radius 1 is 1.23 bits per heavy atom. The number of nitrogens with zero attached hydrogens (tertiary/aromatic N) is 5. The van der Waals surface area contributed by atoms with Gasteiger partial charge in [-0.25, -0.2) is 14.4 Å². The number of aromatic amines is 1. The Hall–Kier alpha value is -3.57. The molecule has 0 bridgehead atoms. The molecule has 2 fully saturated rings. The molecule has 1 saturated heterocycles. The van der Waals surface area contributed by atoms with Crippen LogP contribution < -0.4 is 20.7 Å². The Kier molecular flexibility index (Phi) is 4.84. The molecule has 1 saturated carbocycles. The number of hydrogen-bond donors (Lipinski definition) is 4. The molecule has 3 unspecified atom stereocenters. The van der Waals surface area contributed by atoms with Crippen molar-refractivity contribution in [2.45, 2.75) is 31.9 Å².